The standard InChI is InChI=1S/C16H17N7O/c1-2-14(17)21-23(18)15-4-3-13(9-19-15)22-6-5-12-7-11(10-24)8-20-16(12)22/h3-10H,2,18H2,1H3,(H2,17,21). The van der Waals surface area contributed by atoms with Crippen LogP contribution in [0, 0.1) is 0 Å². The second-order valence-corrected chi connectivity index (χ2v) is 5.15. The third-order valence-electron chi connectivity index (χ3n) is 3.53. The Bertz CT molecular complexity index is 898. The minimum absolute atomic E-state index is 0.426. The van der Waals surface area contributed by atoms with Crippen molar-refractivity contribution in [3.05, 3.63) is 48.4 Å². The Morgan fingerprint density at radius 2 is 2.17 bits per heavy atom. The molecule has 0 spiro atoms. The lowest BCUT2D eigenvalue weighted by Gasteiger charge is -2.13. The number of hydrogen-bond acceptors (Lipinski definition) is 6. The average Bonchev–Trinajstić information content (AvgIpc) is 3.04. The Labute approximate surface area is 138 Å². The average molecular weight is 323 g/mol. The van der Waals surface area contributed by atoms with Gasteiger partial charge in [0.1, 0.15) is 11.5 Å². The summed E-state index contributed by atoms with van der Waals surface area (Å²) in [5, 5.41) is 6.04. The van der Waals surface area contributed by atoms with Gasteiger partial charge in [-0.2, -0.15) is 5.12 Å². The van der Waals surface area contributed by atoms with E-state index < -0.39 is 0 Å². The van der Waals surface area contributed by atoms with Crippen molar-refractivity contribution in [1.29, 1.82) is 0 Å². The van der Waals surface area contributed by atoms with E-state index in [2.05, 4.69) is 15.1 Å². The molecule has 0 saturated carbocycles. The predicted octanol–water partition coefficient (Wildman–Crippen LogP) is 1.60. The monoisotopic (exact) mass is 323 g/mol. The normalized spacial score (nSPS) is 11.7. The van der Waals surface area contributed by atoms with Crippen LogP contribution in [0.1, 0.15) is 23.7 Å². The molecule has 0 aliphatic rings. The van der Waals surface area contributed by atoms with Crippen molar-refractivity contribution >= 4 is 29.0 Å². The summed E-state index contributed by atoms with van der Waals surface area (Å²) in [6.07, 6.45) is 6.46. The lowest BCUT2D eigenvalue weighted by Crippen LogP contribution is -2.29. The minimum atomic E-state index is 0.426. The first-order valence-electron chi connectivity index (χ1n) is 7.39. The highest BCUT2D eigenvalue weighted by atomic mass is 16.1. The topological polar surface area (TPSA) is 115 Å². The number of pyridine rings is 2. The van der Waals surface area contributed by atoms with Crippen molar-refractivity contribution in [3.63, 3.8) is 0 Å². The van der Waals surface area contributed by atoms with Gasteiger partial charge in [0, 0.05) is 29.8 Å². The first-order chi connectivity index (χ1) is 11.6. The molecule has 0 bridgehead atoms. The number of fused-ring (bicyclic) bond motifs is 1. The van der Waals surface area contributed by atoms with Gasteiger partial charge in [-0.3, -0.25) is 9.36 Å². The van der Waals surface area contributed by atoms with Crippen LogP contribution in [0.15, 0.2) is 48.0 Å². The molecular formula is C16H17N7O. The number of aldehydes is 1. The molecule has 0 radical (unpaired) electrons. The molecule has 3 aromatic heterocycles. The van der Waals surface area contributed by atoms with Crippen LogP contribution in [-0.4, -0.2) is 26.7 Å². The van der Waals surface area contributed by atoms with Crippen molar-refractivity contribution in [3.8, 4) is 5.69 Å². The number of hydrazine groups is 1. The number of carbonyl (C=O) groups excluding carboxylic acids is 1. The molecule has 24 heavy (non-hydrogen) atoms. The molecule has 0 aliphatic carbocycles. The van der Waals surface area contributed by atoms with Gasteiger partial charge >= 0.3 is 0 Å². The Morgan fingerprint density at radius 1 is 1.33 bits per heavy atom. The van der Waals surface area contributed by atoms with Crippen LogP contribution < -0.4 is 16.7 Å². The van der Waals surface area contributed by atoms with Crippen LogP contribution >= 0.6 is 0 Å². The van der Waals surface area contributed by atoms with E-state index in [4.69, 9.17) is 11.6 Å². The zero-order valence-corrected chi connectivity index (χ0v) is 13.1. The molecular weight excluding hydrogens is 306 g/mol. The summed E-state index contributed by atoms with van der Waals surface area (Å²) in [4.78, 5) is 19.5. The van der Waals surface area contributed by atoms with E-state index in [1.807, 2.05) is 29.8 Å². The van der Waals surface area contributed by atoms with Crippen molar-refractivity contribution in [2.45, 2.75) is 13.3 Å². The fourth-order valence-electron chi connectivity index (χ4n) is 2.23. The van der Waals surface area contributed by atoms with Crippen molar-refractivity contribution in [1.82, 2.24) is 14.5 Å². The Morgan fingerprint density at radius 3 is 2.83 bits per heavy atom. The maximum absolute atomic E-state index is 10.8. The zero-order chi connectivity index (χ0) is 17.1. The van der Waals surface area contributed by atoms with Crippen molar-refractivity contribution < 1.29 is 4.79 Å². The largest absolute Gasteiger partial charge is 0.386 e. The highest BCUT2D eigenvalue weighted by Crippen LogP contribution is 2.20. The number of rotatable bonds is 5. The van der Waals surface area contributed by atoms with E-state index in [1.165, 1.54) is 6.20 Å². The number of amidine groups is 1. The zero-order valence-electron chi connectivity index (χ0n) is 13.1. The van der Waals surface area contributed by atoms with Gasteiger partial charge in [-0.15, -0.1) is 5.10 Å². The van der Waals surface area contributed by atoms with E-state index in [9.17, 15) is 4.79 Å². The lowest BCUT2D eigenvalue weighted by molar-refractivity contribution is 0.112. The van der Waals surface area contributed by atoms with E-state index in [1.54, 1.807) is 18.3 Å². The molecule has 0 amide bonds. The first kappa shape index (κ1) is 15.6. The van der Waals surface area contributed by atoms with Gasteiger partial charge in [0.15, 0.2) is 12.1 Å². The van der Waals surface area contributed by atoms with Crippen molar-refractivity contribution in [2.24, 2.45) is 16.7 Å². The maximum atomic E-state index is 10.8. The molecule has 3 rings (SSSR count). The van der Waals surface area contributed by atoms with Gasteiger partial charge < -0.3 is 5.73 Å². The molecule has 122 valence electrons. The van der Waals surface area contributed by atoms with Gasteiger partial charge in [-0.25, -0.2) is 15.8 Å². The Kier molecular flexibility index (Phi) is 4.21. The van der Waals surface area contributed by atoms with E-state index >= 15 is 0 Å². The molecule has 8 heteroatoms. The minimum Gasteiger partial charge on any atom is -0.386 e. The van der Waals surface area contributed by atoms with Crippen LogP contribution in [0.2, 0.25) is 0 Å². The van der Waals surface area contributed by atoms with Gasteiger partial charge in [0.05, 0.1) is 11.9 Å². The molecule has 0 atom stereocenters. The van der Waals surface area contributed by atoms with Crippen LogP contribution in [0.3, 0.4) is 0 Å². The second-order valence-electron chi connectivity index (χ2n) is 5.15. The van der Waals surface area contributed by atoms with E-state index in [-0.39, 0.29) is 0 Å². The summed E-state index contributed by atoms with van der Waals surface area (Å²) < 4.78 is 1.88. The quantitative estimate of drug-likeness (QED) is 0.242. The number of anilines is 1. The maximum Gasteiger partial charge on any atom is 0.166 e. The molecule has 4 N–H and O–H groups in total. The number of hydrogen-bond donors (Lipinski definition) is 2. The number of aromatic nitrogens is 3. The van der Waals surface area contributed by atoms with E-state index in [0.717, 1.165) is 28.1 Å². The predicted molar refractivity (Wildman–Crippen MR) is 92.8 cm³/mol. The number of nitrogens with zero attached hydrogens (tertiary/aromatic N) is 5. The van der Waals surface area contributed by atoms with Gasteiger partial charge in [-0.1, -0.05) is 6.92 Å². The van der Waals surface area contributed by atoms with Crippen molar-refractivity contribution in [2.75, 3.05) is 5.12 Å². The fourth-order valence-corrected chi connectivity index (χ4v) is 2.23. The molecule has 0 unspecified atom stereocenters. The van der Waals surface area contributed by atoms with Gasteiger partial charge in [0.25, 0.3) is 0 Å². The third kappa shape index (κ3) is 2.95. The molecule has 3 aromatic rings. The molecule has 0 fully saturated rings. The van der Waals surface area contributed by atoms with Crippen LogP contribution in [-0.2, 0) is 0 Å². The SMILES string of the molecule is CC/C(N)=N/N(N)c1ccc(-n2ccc3cc(C=O)cnc32)cn1. The summed E-state index contributed by atoms with van der Waals surface area (Å²) in [5.74, 6) is 6.71. The van der Waals surface area contributed by atoms with E-state index in [0.29, 0.717) is 23.6 Å². The number of nitrogens with two attached hydrogens (primary N) is 2. The second kappa shape index (κ2) is 6.47. The highest BCUT2D eigenvalue weighted by Gasteiger charge is 2.08. The number of carbonyl (C=O) groups is 1. The molecule has 3 heterocycles. The Hall–Kier alpha value is -3.26. The van der Waals surface area contributed by atoms with Crippen LogP contribution in [0.5, 0.6) is 0 Å². The Balaban J connectivity index is 1.92. The summed E-state index contributed by atoms with van der Waals surface area (Å²) in [6.45, 7) is 1.89. The van der Waals surface area contributed by atoms with Gasteiger partial charge in [0.2, 0.25) is 0 Å². The molecule has 0 saturated heterocycles. The molecule has 0 aliphatic heterocycles. The summed E-state index contributed by atoms with van der Waals surface area (Å²) in [5.41, 5.74) is 7.77. The summed E-state index contributed by atoms with van der Waals surface area (Å²) in [7, 11) is 0. The summed E-state index contributed by atoms with van der Waals surface area (Å²) in [6, 6.07) is 7.28. The fraction of sp³-hybridized carbons (Fsp3) is 0.125. The van der Waals surface area contributed by atoms with Crippen LogP contribution in [0.4, 0.5) is 5.82 Å². The molecule has 8 nitrogen and oxygen atoms in total. The number of hydrazone groups is 1. The molecule has 0 aromatic carbocycles. The lowest BCUT2D eigenvalue weighted by atomic mass is 10.2. The smallest absolute Gasteiger partial charge is 0.166 e. The third-order valence-corrected chi connectivity index (χ3v) is 3.53. The first-order valence-corrected chi connectivity index (χ1v) is 7.39. The van der Waals surface area contributed by atoms with Crippen LogP contribution in [0.25, 0.3) is 16.7 Å². The highest BCUT2D eigenvalue weighted by molar-refractivity contribution is 5.85. The summed E-state index contributed by atoms with van der Waals surface area (Å²) >= 11 is 0. The van der Waals surface area contributed by atoms with Gasteiger partial charge in [-0.05, 0) is 24.3 Å².